The summed E-state index contributed by atoms with van der Waals surface area (Å²) < 4.78 is 0. The Bertz CT molecular complexity index is 106. The van der Waals surface area contributed by atoms with Crippen molar-refractivity contribution in [2.45, 2.75) is 25.7 Å². The van der Waals surface area contributed by atoms with Crippen molar-refractivity contribution in [1.29, 1.82) is 0 Å². The summed E-state index contributed by atoms with van der Waals surface area (Å²) in [6, 6.07) is 0. The standard InChI is InChI=1S/C8H15N/c1-9-6-4-8(2-3-8)5-7-9/h2-7H2,1H3. The molecule has 2 aliphatic rings. The third-order valence-corrected chi connectivity index (χ3v) is 3.00. The maximum absolute atomic E-state index is 2.45. The molecule has 0 aromatic heterocycles. The minimum absolute atomic E-state index is 0.868. The molecule has 0 aromatic rings. The lowest BCUT2D eigenvalue weighted by atomic mass is 9.94. The first-order valence-electron chi connectivity index (χ1n) is 3.99. The molecular weight excluding hydrogens is 110 g/mol. The number of piperidine rings is 1. The molecule has 0 radical (unpaired) electrons. The molecule has 52 valence electrons. The van der Waals surface area contributed by atoms with Crippen molar-refractivity contribution >= 4 is 0 Å². The first-order chi connectivity index (χ1) is 4.31. The van der Waals surface area contributed by atoms with E-state index in [4.69, 9.17) is 0 Å². The van der Waals surface area contributed by atoms with Crippen molar-refractivity contribution in [3.63, 3.8) is 0 Å². The van der Waals surface area contributed by atoms with E-state index in [9.17, 15) is 0 Å². The van der Waals surface area contributed by atoms with Gasteiger partial charge in [-0.2, -0.15) is 0 Å². The Balaban J connectivity index is 1.91. The van der Waals surface area contributed by atoms with Crippen LogP contribution in [0, 0.1) is 5.41 Å². The van der Waals surface area contributed by atoms with E-state index in [0.29, 0.717) is 0 Å². The highest BCUT2D eigenvalue weighted by Crippen LogP contribution is 2.53. The second kappa shape index (κ2) is 1.72. The minimum atomic E-state index is 0.868. The van der Waals surface area contributed by atoms with E-state index in [2.05, 4.69) is 11.9 Å². The molecule has 0 aromatic carbocycles. The van der Waals surface area contributed by atoms with Crippen molar-refractivity contribution in [2.75, 3.05) is 20.1 Å². The van der Waals surface area contributed by atoms with Gasteiger partial charge < -0.3 is 4.90 Å². The minimum Gasteiger partial charge on any atom is -0.306 e. The number of rotatable bonds is 0. The first-order valence-corrected chi connectivity index (χ1v) is 3.99. The van der Waals surface area contributed by atoms with Crippen LogP contribution in [-0.4, -0.2) is 25.0 Å². The largest absolute Gasteiger partial charge is 0.306 e. The van der Waals surface area contributed by atoms with E-state index >= 15 is 0 Å². The predicted octanol–water partition coefficient (Wildman–Crippen LogP) is 1.49. The molecule has 2 fully saturated rings. The molecule has 1 saturated heterocycles. The quantitative estimate of drug-likeness (QED) is 0.474. The average molecular weight is 125 g/mol. The maximum Gasteiger partial charge on any atom is -0.00165 e. The highest BCUT2D eigenvalue weighted by atomic mass is 15.1. The third-order valence-electron chi connectivity index (χ3n) is 3.00. The van der Waals surface area contributed by atoms with Gasteiger partial charge in [-0.1, -0.05) is 0 Å². The van der Waals surface area contributed by atoms with E-state index in [1.54, 1.807) is 0 Å². The van der Waals surface area contributed by atoms with Gasteiger partial charge in [0.2, 0.25) is 0 Å². The van der Waals surface area contributed by atoms with Crippen molar-refractivity contribution in [1.82, 2.24) is 4.90 Å². The lowest BCUT2D eigenvalue weighted by molar-refractivity contribution is 0.206. The summed E-state index contributed by atoms with van der Waals surface area (Å²) >= 11 is 0. The molecule has 0 atom stereocenters. The highest BCUT2D eigenvalue weighted by Gasteiger charge is 2.43. The number of hydrogen-bond donors (Lipinski definition) is 0. The van der Waals surface area contributed by atoms with Crippen molar-refractivity contribution < 1.29 is 0 Å². The molecule has 1 heteroatoms. The zero-order valence-electron chi connectivity index (χ0n) is 6.19. The second-order valence-electron chi connectivity index (χ2n) is 3.80. The van der Waals surface area contributed by atoms with Crippen LogP contribution in [0.4, 0.5) is 0 Å². The molecule has 1 nitrogen and oxygen atoms in total. The first kappa shape index (κ1) is 5.72. The molecule has 0 N–H and O–H groups in total. The van der Waals surface area contributed by atoms with Crippen molar-refractivity contribution in [3.8, 4) is 0 Å². The fraction of sp³-hybridized carbons (Fsp3) is 1.00. The summed E-state index contributed by atoms with van der Waals surface area (Å²) in [6.45, 7) is 2.69. The summed E-state index contributed by atoms with van der Waals surface area (Å²) in [4.78, 5) is 2.45. The molecule has 1 aliphatic heterocycles. The Hall–Kier alpha value is -0.0400. The summed E-state index contributed by atoms with van der Waals surface area (Å²) in [5.41, 5.74) is 0.868. The van der Waals surface area contributed by atoms with Crippen molar-refractivity contribution in [2.24, 2.45) is 5.41 Å². The molecular formula is C8H15N. The molecule has 0 unspecified atom stereocenters. The Morgan fingerprint density at radius 1 is 1.00 bits per heavy atom. The monoisotopic (exact) mass is 125 g/mol. The van der Waals surface area contributed by atoms with Crippen LogP contribution in [0.1, 0.15) is 25.7 Å². The lowest BCUT2D eigenvalue weighted by Crippen LogP contribution is -2.30. The van der Waals surface area contributed by atoms with Gasteiger partial charge in [-0.3, -0.25) is 0 Å². The predicted molar refractivity (Wildman–Crippen MR) is 38.4 cm³/mol. The van der Waals surface area contributed by atoms with Gasteiger partial charge in [0.15, 0.2) is 0 Å². The zero-order valence-corrected chi connectivity index (χ0v) is 6.19. The van der Waals surface area contributed by atoms with Gasteiger partial charge in [0.25, 0.3) is 0 Å². The van der Waals surface area contributed by atoms with Crippen LogP contribution >= 0.6 is 0 Å². The van der Waals surface area contributed by atoms with E-state index in [1.165, 1.54) is 38.8 Å². The van der Waals surface area contributed by atoms with Gasteiger partial charge in [-0.15, -0.1) is 0 Å². The number of likely N-dealkylation sites (tertiary alicyclic amines) is 1. The van der Waals surface area contributed by atoms with Gasteiger partial charge in [0.1, 0.15) is 0 Å². The molecule has 1 saturated carbocycles. The van der Waals surface area contributed by atoms with Crippen LogP contribution in [0.5, 0.6) is 0 Å². The smallest absolute Gasteiger partial charge is 0.00165 e. The van der Waals surface area contributed by atoms with Crippen molar-refractivity contribution in [3.05, 3.63) is 0 Å². The van der Waals surface area contributed by atoms with Crippen LogP contribution in [0.2, 0.25) is 0 Å². The fourth-order valence-corrected chi connectivity index (χ4v) is 1.77. The van der Waals surface area contributed by atoms with Crippen LogP contribution in [0.25, 0.3) is 0 Å². The SMILES string of the molecule is CN1CCC2(CC1)CC2. The van der Waals surface area contributed by atoms with Gasteiger partial charge in [0, 0.05) is 0 Å². The molecule has 0 amide bonds. The van der Waals surface area contributed by atoms with E-state index in [-0.39, 0.29) is 0 Å². The molecule has 1 heterocycles. The normalized spacial score (nSPS) is 33.0. The van der Waals surface area contributed by atoms with Gasteiger partial charge >= 0.3 is 0 Å². The summed E-state index contributed by atoms with van der Waals surface area (Å²) in [6.07, 6.45) is 6.01. The Labute approximate surface area is 57.0 Å². The molecule has 9 heavy (non-hydrogen) atoms. The zero-order chi connectivity index (χ0) is 6.32. The van der Waals surface area contributed by atoms with Crippen LogP contribution < -0.4 is 0 Å². The van der Waals surface area contributed by atoms with Crippen LogP contribution in [-0.2, 0) is 0 Å². The summed E-state index contributed by atoms with van der Waals surface area (Å²) in [5.74, 6) is 0. The summed E-state index contributed by atoms with van der Waals surface area (Å²) in [7, 11) is 2.23. The number of hydrogen-bond acceptors (Lipinski definition) is 1. The average Bonchev–Trinajstić information content (AvgIpc) is 2.60. The van der Waals surface area contributed by atoms with Gasteiger partial charge in [-0.25, -0.2) is 0 Å². The summed E-state index contributed by atoms with van der Waals surface area (Å²) in [5, 5.41) is 0. The lowest BCUT2D eigenvalue weighted by Gasteiger charge is -2.28. The van der Waals surface area contributed by atoms with E-state index in [0.717, 1.165) is 5.41 Å². The molecule has 1 spiro atoms. The van der Waals surface area contributed by atoms with Gasteiger partial charge in [0.05, 0.1) is 0 Å². The maximum atomic E-state index is 2.45. The third kappa shape index (κ3) is 0.983. The fourth-order valence-electron chi connectivity index (χ4n) is 1.77. The Morgan fingerprint density at radius 3 is 2.00 bits per heavy atom. The number of nitrogens with zero attached hydrogens (tertiary/aromatic N) is 1. The second-order valence-corrected chi connectivity index (χ2v) is 3.80. The molecule has 2 rings (SSSR count). The Kier molecular flexibility index (Phi) is 1.10. The van der Waals surface area contributed by atoms with E-state index < -0.39 is 0 Å². The van der Waals surface area contributed by atoms with Crippen LogP contribution in [0.3, 0.4) is 0 Å². The van der Waals surface area contributed by atoms with Gasteiger partial charge in [-0.05, 0) is 51.2 Å². The van der Waals surface area contributed by atoms with E-state index in [1.807, 2.05) is 0 Å². The van der Waals surface area contributed by atoms with Crippen LogP contribution in [0.15, 0.2) is 0 Å². The Morgan fingerprint density at radius 2 is 1.56 bits per heavy atom. The topological polar surface area (TPSA) is 3.24 Å². The molecule has 0 bridgehead atoms. The molecule has 1 aliphatic carbocycles. The highest BCUT2D eigenvalue weighted by molar-refractivity contribution is 4.96.